The third kappa shape index (κ3) is 3.52. The molecule has 0 radical (unpaired) electrons. The van der Waals surface area contributed by atoms with Gasteiger partial charge in [0.15, 0.2) is 5.82 Å². The molecule has 1 atom stereocenters. The summed E-state index contributed by atoms with van der Waals surface area (Å²) in [5.74, 6) is 0.743. The molecular weight excluding hydrogens is 504 g/mol. The summed E-state index contributed by atoms with van der Waals surface area (Å²) in [5, 5.41) is 2.22. The molecule has 0 fully saturated rings. The van der Waals surface area contributed by atoms with Crippen molar-refractivity contribution >= 4 is 33.2 Å². The molecule has 5 nitrogen and oxygen atoms in total. The van der Waals surface area contributed by atoms with Crippen molar-refractivity contribution in [3.05, 3.63) is 137 Å². The zero-order chi connectivity index (χ0) is 27.7. The van der Waals surface area contributed by atoms with E-state index in [9.17, 15) is 0 Å². The molecule has 0 saturated carbocycles. The minimum absolute atomic E-state index is 0.211. The molecular formula is C36H28N4O. The monoisotopic (exact) mass is 532 g/mol. The highest BCUT2D eigenvalue weighted by Crippen LogP contribution is 2.52. The second kappa shape index (κ2) is 8.73. The lowest BCUT2D eigenvalue weighted by molar-refractivity contribution is 0.276. The molecule has 2 aromatic heterocycles. The van der Waals surface area contributed by atoms with Crippen LogP contribution in [0.2, 0.25) is 0 Å². The topological polar surface area (TPSA) is 54.5 Å². The maximum absolute atomic E-state index is 6.13. The van der Waals surface area contributed by atoms with Crippen molar-refractivity contribution in [2.24, 2.45) is 4.99 Å². The summed E-state index contributed by atoms with van der Waals surface area (Å²) in [7, 11) is 2.15. The summed E-state index contributed by atoms with van der Waals surface area (Å²) in [6.07, 6.45) is 1.78. The van der Waals surface area contributed by atoms with Crippen molar-refractivity contribution < 1.29 is 4.42 Å². The zero-order valence-electron chi connectivity index (χ0n) is 23.2. The van der Waals surface area contributed by atoms with Gasteiger partial charge in [0.2, 0.25) is 0 Å². The number of nitrogens with zero attached hydrogens (tertiary/aromatic N) is 4. The van der Waals surface area contributed by atoms with Crippen molar-refractivity contribution in [1.29, 1.82) is 0 Å². The first-order valence-corrected chi connectivity index (χ1v) is 14.0. The minimum atomic E-state index is -0.355. The van der Waals surface area contributed by atoms with Crippen LogP contribution in [0.15, 0.2) is 124 Å². The van der Waals surface area contributed by atoms with Gasteiger partial charge in [0.1, 0.15) is 17.3 Å². The van der Waals surface area contributed by atoms with Crippen LogP contribution in [-0.2, 0) is 5.41 Å². The third-order valence-corrected chi connectivity index (χ3v) is 8.46. The van der Waals surface area contributed by atoms with Crippen LogP contribution < -0.4 is 0 Å². The number of hydrogen-bond donors (Lipinski definition) is 0. The quantitative estimate of drug-likeness (QED) is 0.231. The van der Waals surface area contributed by atoms with E-state index in [1.165, 1.54) is 5.70 Å². The second-order valence-electron chi connectivity index (χ2n) is 11.4. The fraction of sp³-hybridized carbons (Fsp3) is 0.139. The van der Waals surface area contributed by atoms with E-state index in [1.54, 1.807) is 0 Å². The molecule has 1 aliphatic carbocycles. The van der Waals surface area contributed by atoms with Crippen molar-refractivity contribution in [3.8, 4) is 11.4 Å². The molecule has 41 heavy (non-hydrogen) atoms. The molecule has 0 saturated heterocycles. The Morgan fingerprint density at radius 1 is 0.756 bits per heavy atom. The Bertz CT molecular complexity index is 2040. The van der Waals surface area contributed by atoms with Crippen LogP contribution in [0.3, 0.4) is 0 Å². The standard InChI is InChI=1S/C36H28N4O/c1-36(2)32-27(21-37-34(39-32)23-14-8-5-9-15-23)30-31(22-12-6-4-7-13-22)38-35(40(3)33(30)36)24-18-19-29-26(20-24)25-16-10-11-17-28(25)41-29/h4-21,35H,1-3H3. The largest absolute Gasteiger partial charge is 0.456 e. The van der Waals surface area contributed by atoms with Gasteiger partial charge in [-0.2, -0.15) is 0 Å². The summed E-state index contributed by atoms with van der Waals surface area (Å²) in [6.45, 7) is 4.54. The minimum Gasteiger partial charge on any atom is -0.456 e. The van der Waals surface area contributed by atoms with Crippen LogP contribution in [0.5, 0.6) is 0 Å². The lowest BCUT2D eigenvalue weighted by atomic mass is 9.86. The normalized spacial score (nSPS) is 17.6. The molecule has 8 rings (SSSR count). The maximum atomic E-state index is 6.13. The number of aliphatic imine (C=N–C) groups is 1. The average molecular weight is 533 g/mol. The van der Waals surface area contributed by atoms with Crippen molar-refractivity contribution in [1.82, 2.24) is 14.9 Å². The Morgan fingerprint density at radius 2 is 1.44 bits per heavy atom. The lowest BCUT2D eigenvalue weighted by Gasteiger charge is -2.39. The zero-order valence-corrected chi connectivity index (χ0v) is 23.2. The number of furan rings is 1. The van der Waals surface area contributed by atoms with Crippen LogP contribution in [0.25, 0.3) is 38.9 Å². The molecule has 1 aliphatic heterocycles. The lowest BCUT2D eigenvalue weighted by Crippen LogP contribution is -2.36. The molecule has 0 N–H and O–H groups in total. The van der Waals surface area contributed by atoms with Gasteiger partial charge in [0.05, 0.1) is 11.4 Å². The Hall–Kier alpha value is -5.03. The summed E-state index contributed by atoms with van der Waals surface area (Å²) in [6, 6.07) is 35.3. The highest BCUT2D eigenvalue weighted by molar-refractivity contribution is 6.34. The molecule has 1 unspecified atom stereocenters. The average Bonchev–Trinajstić information content (AvgIpc) is 3.50. The number of likely N-dealkylation sites (N-methyl/N-ethyl adjacent to an activating group) is 1. The van der Waals surface area contributed by atoms with Gasteiger partial charge in [-0.25, -0.2) is 9.97 Å². The third-order valence-electron chi connectivity index (χ3n) is 8.46. The van der Waals surface area contributed by atoms with E-state index in [0.29, 0.717) is 0 Å². The van der Waals surface area contributed by atoms with E-state index in [1.807, 2.05) is 42.6 Å². The van der Waals surface area contributed by atoms with Gasteiger partial charge in [0.25, 0.3) is 0 Å². The summed E-state index contributed by atoms with van der Waals surface area (Å²) in [4.78, 5) is 17.8. The van der Waals surface area contributed by atoms with E-state index in [4.69, 9.17) is 19.4 Å². The molecule has 4 aromatic carbocycles. The number of benzene rings is 4. The molecule has 6 aromatic rings. The predicted molar refractivity (Wildman–Crippen MR) is 165 cm³/mol. The summed E-state index contributed by atoms with van der Waals surface area (Å²) in [5.41, 5.74) is 10.0. The fourth-order valence-electron chi connectivity index (χ4n) is 6.59. The maximum Gasteiger partial charge on any atom is 0.159 e. The van der Waals surface area contributed by atoms with E-state index in [-0.39, 0.29) is 11.6 Å². The van der Waals surface area contributed by atoms with E-state index in [0.717, 1.165) is 67.0 Å². The van der Waals surface area contributed by atoms with Crippen LogP contribution in [0.1, 0.15) is 42.4 Å². The van der Waals surface area contributed by atoms with Crippen molar-refractivity contribution in [2.45, 2.75) is 25.4 Å². The van der Waals surface area contributed by atoms with Crippen LogP contribution in [0.4, 0.5) is 0 Å². The highest BCUT2D eigenvalue weighted by atomic mass is 16.3. The molecule has 3 heterocycles. The van der Waals surface area contributed by atoms with Gasteiger partial charge in [-0.15, -0.1) is 0 Å². The van der Waals surface area contributed by atoms with Crippen molar-refractivity contribution in [3.63, 3.8) is 0 Å². The SMILES string of the molecule is CN1C2=C(C(c3ccccc3)=NC1c1ccc3oc4ccccc4c3c1)c1cnc(-c3ccccc3)nc1C2(C)C. The Kier molecular flexibility index (Phi) is 5.08. The van der Waals surface area contributed by atoms with Gasteiger partial charge >= 0.3 is 0 Å². The Morgan fingerprint density at radius 3 is 2.22 bits per heavy atom. The van der Waals surface area contributed by atoms with Crippen LogP contribution in [-0.4, -0.2) is 27.6 Å². The Labute approximate surface area is 238 Å². The summed E-state index contributed by atoms with van der Waals surface area (Å²) < 4.78 is 6.13. The van der Waals surface area contributed by atoms with Gasteiger partial charge < -0.3 is 9.32 Å². The van der Waals surface area contributed by atoms with Gasteiger partial charge in [-0.1, -0.05) is 84.9 Å². The summed E-state index contributed by atoms with van der Waals surface area (Å²) >= 11 is 0. The van der Waals surface area contributed by atoms with E-state index in [2.05, 4.69) is 92.5 Å². The molecule has 198 valence electrons. The predicted octanol–water partition coefficient (Wildman–Crippen LogP) is 8.18. The Balaban J connectivity index is 1.32. The molecule has 0 spiro atoms. The molecule has 2 aliphatic rings. The van der Waals surface area contributed by atoms with Crippen LogP contribution >= 0.6 is 0 Å². The molecule has 0 amide bonds. The van der Waals surface area contributed by atoms with Crippen molar-refractivity contribution in [2.75, 3.05) is 7.05 Å². The number of para-hydroxylation sites is 1. The van der Waals surface area contributed by atoms with Crippen LogP contribution in [0, 0.1) is 0 Å². The van der Waals surface area contributed by atoms with E-state index < -0.39 is 0 Å². The highest BCUT2D eigenvalue weighted by Gasteiger charge is 2.47. The van der Waals surface area contributed by atoms with Gasteiger partial charge in [0, 0.05) is 57.4 Å². The molecule has 0 bridgehead atoms. The molecule has 5 heteroatoms. The number of allylic oxidation sites excluding steroid dienone is 2. The first kappa shape index (κ1) is 23.8. The first-order chi connectivity index (χ1) is 20.0. The number of aromatic nitrogens is 2. The first-order valence-electron chi connectivity index (χ1n) is 14.0. The van der Waals surface area contributed by atoms with Gasteiger partial charge in [-0.05, 0) is 37.6 Å². The fourth-order valence-corrected chi connectivity index (χ4v) is 6.59. The van der Waals surface area contributed by atoms with Gasteiger partial charge in [-0.3, -0.25) is 4.99 Å². The number of fused-ring (bicyclic) bond motifs is 5. The smallest absolute Gasteiger partial charge is 0.159 e. The number of rotatable bonds is 3. The second-order valence-corrected chi connectivity index (χ2v) is 11.4. The number of hydrogen-bond acceptors (Lipinski definition) is 5. The van der Waals surface area contributed by atoms with E-state index >= 15 is 0 Å².